The van der Waals surface area contributed by atoms with Crippen LogP contribution in [0.2, 0.25) is 0 Å². The molecule has 1 aromatic carbocycles. The van der Waals surface area contributed by atoms with Crippen molar-refractivity contribution < 1.29 is 9.59 Å². The third-order valence-corrected chi connectivity index (χ3v) is 5.10. The van der Waals surface area contributed by atoms with Crippen molar-refractivity contribution in [3.63, 3.8) is 0 Å². The van der Waals surface area contributed by atoms with Crippen LogP contribution in [-0.2, 0) is 9.59 Å². The molecule has 3 aromatic rings. The van der Waals surface area contributed by atoms with Crippen molar-refractivity contribution >= 4 is 60.9 Å². The zero-order valence-electron chi connectivity index (χ0n) is 12.3. The average molecular weight is 406 g/mol. The topological polar surface area (TPSA) is 91.0 Å². The van der Waals surface area contributed by atoms with Gasteiger partial charge in [-0.15, -0.1) is 11.3 Å². The molecule has 2 amide bonds. The minimum Gasteiger partial charge on any atom is -0.302 e. The summed E-state index contributed by atoms with van der Waals surface area (Å²) in [6.45, 7) is 0.312. The number of anilines is 2. The van der Waals surface area contributed by atoms with Crippen LogP contribution in [0.5, 0.6) is 0 Å². The van der Waals surface area contributed by atoms with E-state index in [0.717, 1.165) is 15.4 Å². The molecule has 1 fully saturated rings. The number of hydrogen-bond donors (Lipinski definition) is 2. The number of H-pyrrole nitrogens is 1. The fourth-order valence-electron chi connectivity index (χ4n) is 2.76. The van der Waals surface area contributed by atoms with E-state index in [1.54, 1.807) is 16.5 Å². The molecule has 1 atom stereocenters. The number of hydrogen-bond acceptors (Lipinski definition) is 5. The van der Waals surface area contributed by atoms with Gasteiger partial charge in [0.15, 0.2) is 10.9 Å². The van der Waals surface area contributed by atoms with Gasteiger partial charge in [0.25, 0.3) is 0 Å². The van der Waals surface area contributed by atoms with Gasteiger partial charge in [-0.3, -0.25) is 19.6 Å². The zero-order valence-corrected chi connectivity index (χ0v) is 14.7. The van der Waals surface area contributed by atoms with Crippen molar-refractivity contribution in [3.8, 4) is 0 Å². The number of nitrogens with zero attached hydrogens (tertiary/aromatic N) is 3. The number of carbonyl (C=O) groups is 2. The smallest absolute Gasteiger partial charge is 0.231 e. The number of nitrogens with one attached hydrogen (secondary N) is 2. The first-order valence-electron chi connectivity index (χ1n) is 7.26. The Morgan fingerprint density at radius 1 is 1.46 bits per heavy atom. The molecule has 1 saturated heterocycles. The molecule has 0 saturated carbocycles. The molecule has 122 valence electrons. The van der Waals surface area contributed by atoms with Crippen molar-refractivity contribution in [1.82, 2.24) is 15.2 Å². The van der Waals surface area contributed by atoms with Crippen LogP contribution in [-0.4, -0.2) is 33.5 Å². The molecule has 1 aliphatic heterocycles. The lowest BCUT2D eigenvalue weighted by atomic mass is 10.1. The molecule has 0 aliphatic carbocycles. The Hall–Kier alpha value is -2.26. The van der Waals surface area contributed by atoms with Crippen molar-refractivity contribution in [2.75, 3.05) is 16.8 Å². The molecule has 2 N–H and O–H groups in total. The Labute approximate surface area is 149 Å². The van der Waals surface area contributed by atoms with Crippen molar-refractivity contribution in [2.45, 2.75) is 6.42 Å². The highest BCUT2D eigenvalue weighted by molar-refractivity contribution is 9.10. The molecular weight excluding hydrogens is 394 g/mol. The Kier molecular flexibility index (Phi) is 3.81. The first kappa shape index (κ1) is 15.3. The molecule has 0 spiro atoms. The van der Waals surface area contributed by atoms with Crippen LogP contribution in [0, 0.1) is 5.92 Å². The first-order chi connectivity index (χ1) is 11.6. The van der Waals surface area contributed by atoms with E-state index in [9.17, 15) is 9.59 Å². The standard InChI is InChI=1S/C15H12BrN5O2S/c16-9-1-2-10-11(6-9)19-20-13(10)21-7-8(5-12(21)22)14(23)18-15-17-3-4-24-15/h1-4,6,8H,5,7H2,(H,19,20)(H,17,18,23)/t8-/m1/s1. The molecule has 4 rings (SSSR count). The number of aromatic nitrogens is 3. The normalized spacial score (nSPS) is 17.6. The van der Waals surface area contributed by atoms with Gasteiger partial charge >= 0.3 is 0 Å². The Balaban J connectivity index is 1.56. The number of halogens is 1. The van der Waals surface area contributed by atoms with Gasteiger partial charge in [-0.25, -0.2) is 4.98 Å². The number of aromatic amines is 1. The van der Waals surface area contributed by atoms with Gasteiger partial charge in [0.05, 0.1) is 11.4 Å². The van der Waals surface area contributed by atoms with Gasteiger partial charge in [0.1, 0.15) is 0 Å². The first-order valence-corrected chi connectivity index (χ1v) is 8.93. The van der Waals surface area contributed by atoms with Gasteiger partial charge in [0, 0.05) is 34.4 Å². The number of carbonyl (C=O) groups excluding carboxylic acids is 2. The van der Waals surface area contributed by atoms with E-state index in [1.165, 1.54) is 11.3 Å². The lowest BCUT2D eigenvalue weighted by Gasteiger charge is -2.13. The van der Waals surface area contributed by atoms with Gasteiger partial charge in [0.2, 0.25) is 11.8 Å². The van der Waals surface area contributed by atoms with E-state index >= 15 is 0 Å². The van der Waals surface area contributed by atoms with E-state index in [-0.39, 0.29) is 18.2 Å². The molecular formula is C15H12BrN5O2S. The molecule has 2 aromatic heterocycles. The molecule has 0 radical (unpaired) electrons. The second-order valence-corrected chi connectivity index (χ2v) is 7.28. The highest BCUT2D eigenvalue weighted by Crippen LogP contribution is 2.31. The third kappa shape index (κ3) is 2.69. The maximum atomic E-state index is 12.4. The van der Waals surface area contributed by atoms with Gasteiger partial charge in [-0.05, 0) is 18.2 Å². The Morgan fingerprint density at radius 2 is 2.33 bits per heavy atom. The molecule has 1 aliphatic rings. The van der Waals surface area contributed by atoms with Crippen molar-refractivity contribution in [2.24, 2.45) is 5.92 Å². The summed E-state index contributed by atoms with van der Waals surface area (Å²) >= 11 is 4.76. The van der Waals surface area contributed by atoms with Crippen LogP contribution < -0.4 is 10.2 Å². The molecule has 24 heavy (non-hydrogen) atoms. The summed E-state index contributed by atoms with van der Waals surface area (Å²) in [7, 11) is 0. The fraction of sp³-hybridized carbons (Fsp3) is 0.200. The molecule has 3 heterocycles. The second kappa shape index (κ2) is 5.99. The minimum atomic E-state index is -0.413. The lowest BCUT2D eigenvalue weighted by molar-refractivity contribution is -0.122. The summed E-state index contributed by atoms with van der Waals surface area (Å²) in [6.07, 6.45) is 1.79. The summed E-state index contributed by atoms with van der Waals surface area (Å²) in [5, 5.41) is 13.1. The quantitative estimate of drug-likeness (QED) is 0.700. The molecule has 7 nitrogen and oxygen atoms in total. The minimum absolute atomic E-state index is 0.106. The molecule has 0 unspecified atom stereocenters. The van der Waals surface area contributed by atoms with Gasteiger partial charge in [-0.2, -0.15) is 5.10 Å². The van der Waals surface area contributed by atoms with Crippen LogP contribution in [0.15, 0.2) is 34.2 Å². The predicted molar refractivity (Wildman–Crippen MR) is 95.0 cm³/mol. The maximum absolute atomic E-state index is 12.4. The maximum Gasteiger partial charge on any atom is 0.231 e. The molecule has 0 bridgehead atoms. The van der Waals surface area contributed by atoms with Gasteiger partial charge < -0.3 is 5.32 Å². The number of amides is 2. The zero-order chi connectivity index (χ0) is 16.7. The number of benzene rings is 1. The van der Waals surface area contributed by atoms with Crippen LogP contribution >= 0.6 is 27.3 Å². The summed E-state index contributed by atoms with van der Waals surface area (Å²) in [5.74, 6) is -0.148. The SMILES string of the molecule is O=C(Nc1nccs1)[C@@H]1CC(=O)N(c2n[nH]c3cc(Br)ccc23)C1. The van der Waals surface area contributed by atoms with E-state index in [0.29, 0.717) is 17.5 Å². The summed E-state index contributed by atoms with van der Waals surface area (Å²) in [4.78, 5) is 30.3. The van der Waals surface area contributed by atoms with Crippen LogP contribution in [0.25, 0.3) is 10.9 Å². The van der Waals surface area contributed by atoms with E-state index in [2.05, 4.69) is 36.4 Å². The van der Waals surface area contributed by atoms with Crippen LogP contribution in [0.1, 0.15) is 6.42 Å². The molecule has 9 heteroatoms. The number of fused-ring (bicyclic) bond motifs is 1. The van der Waals surface area contributed by atoms with Crippen molar-refractivity contribution in [3.05, 3.63) is 34.2 Å². The van der Waals surface area contributed by atoms with E-state index in [4.69, 9.17) is 0 Å². The van der Waals surface area contributed by atoms with Crippen LogP contribution in [0.4, 0.5) is 10.9 Å². The highest BCUT2D eigenvalue weighted by Gasteiger charge is 2.37. The predicted octanol–water partition coefficient (Wildman–Crippen LogP) is 2.77. The largest absolute Gasteiger partial charge is 0.302 e. The van der Waals surface area contributed by atoms with E-state index < -0.39 is 5.92 Å². The summed E-state index contributed by atoms with van der Waals surface area (Å²) in [5.41, 5.74) is 0.836. The lowest BCUT2D eigenvalue weighted by Crippen LogP contribution is -2.28. The Bertz CT molecular complexity index is 923. The summed E-state index contributed by atoms with van der Waals surface area (Å²) < 4.78 is 0.929. The fourth-order valence-corrected chi connectivity index (χ4v) is 3.66. The highest BCUT2D eigenvalue weighted by atomic mass is 79.9. The average Bonchev–Trinajstić information content (AvgIpc) is 3.26. The third-order valence-electron chi connectivity index (χ3n) is 3.92. The Morgan fingerprint density at radius 3 is 3.12 bits per heavy atom. The van der Waals surface area contributed by atoms with Gasteiger partial charge in [-0.1, -0.05) is 15.9 Å². The monoisotopic (exact) mass is 405 g/mol. The van der Waals surface area contributed by atoms with Crippen molar-refractivity contribution in [1.29, 1.82) is 0 Å². The van der Waals surface area contributed by atoms with Crippen LogP contribution in [0.3, 0.4) is 0 Å². The van der Waals surface area contributed by atoms with E-state index in [1.807, 2.05) is 18.2 Å². The number of rotatable bonds is 3. The number of thiazole rings is 1. The summed E-state index contributed by atoms with van der Waals surface area (Å²) in [6, 6.07) is 5.70. The second-order valence-electron chi connectivity index (χ2n) is 5.47.